The molecule has 3 aromatic rings. The van der Waals surface area contributed by atoms with Gasteiger partial charge in [-0.15, -0.1) is 0 Å². The largest absolute Gasteiger partial charge is 0.364 e. The molecular weight excluding hydrogens is 354 g/mol. The van der Waals surface area contributed by atoms with Crippen LogP contribution in [0.4, 0.5) is 0 Å². The first kappa shape index (κ1) is 15.9. The van der Waals surface area contributed by atoms with Crippen molar-refractivity contribution in [3.05, 3.63) is 53.3 Å². The van der Waals surface area contributed by atoms with Crippen LogP contribution in [0.2, 0.25) is 0 Å². The average Bonchev–Trinajstić information content (AvgIpc) is 3.35. The minimum atomic E-state index is -3.67. The first-order valence-corrected chi connectivity index (χ1v) is 9.88. The van der Waals surface area contributed by atoms with Crippen molar-refractivity contribution in [3.63, 3.8) is 0 Å². The lowest BCUT2D eigenvalue weighted by atomic mass is 9.92. The van der Waals surface area contributed by atoms with Gasteiger partial charge in [-0.2, -0.15) is 4.31 Å². The number of hydrogen-bond donors (Lipinski definition) is 0. The molecule has 1 aromatic carbocycles. The highest BCUT2D eigenvalue weighted by Crippen LogP contribution is 2.44. The number of rotatable bonds is 2. The molecule has 1 unspecified atom stereocenters. The van der Waals surface area contributed by atoms with E-state index in [4.69, 9.17) is 9.26 Å². The van der Waals surface area contributed by atoms with E-state index in [-0.39, 0.29) is 4.90 Å². The second kappa shape index (κ2) is 5.35. The second-order valence-corrected chi connectivity index (χ2v) is 8.76. The summed E-state index contributed by atoms with van der Waals surface area (Å²) in [6.45, 7) is 3.01. The molecule has 0 saturated carbocycles. The highest BCUT2D eigenvalue weighted by molar-refractivity contribution is 7.89. The Balaban J connectivity index is 1.51. The molecule has 26 heavy (non-hydrogen) atoms. The van der Waals surface area contributed by atoms with E-state index in [0.29, 0.717) is 42.9 Å². The van der Waals surface area contributed by atoms with Crippen molar-refractivity contribution < 1.29 is 17.7 Å². The highest BCUT2D eigenvalue weighted by atomic mass is 32.2. The Labute approximate surface area is 150 Å². The molecule has 0 radical (unpaired) electrons. The summed E-state index contributed by atoms with van der Waals surface area (Å²) in [5, 5.41) is 4.45. The van der Waals surface area contributed by atoms with Gasteiger partial charge in [0.1, 0.15) is 10.5 Å². The number of pyridine rings is 1. The van der Waals surface area contributed by atoms with Crippen molar-refractivity contribution in [2.75, 3.05) is 13.1 Å². The van der Waals surface area contributed by atoms with E-state index >= 15 is 0 Å². The maximum atomic E-state index is 13.1. The molecule has 1 atom stereocenters. The Kier molecular flexibility index (Phi) is 3.28. The van der Waals surface area contributed by atoms with E-state index in [1.807, 2.05) is 24.3 Å². The fourth-order valence-corrected chi connectivity index (χ4v) is 5.35. The Hall–Kier alpha value is -2.29. The summed E-state index contributed by atoms with van der Waals surface area (Å²) in [7, 11) is -3.67. The van der Waals surface area contributed by atoms with Crippen molar-refractivity contribution in [3.8, 4) is 0 Å². The van der Waals surface area contributed by atoms with Gasteiger partial charge >= 0.3 is 0 Å². The third kappa shape index (κ3) is 2.16. The van der Waals surface area contributed by atoms with E-state index < -0.39 is 15.6 Å². The number of fused-ring (bicyclic) bond motifs is 3. The summed E-state index contributed by atoms with van der Waals surface area (Å²) in [5.74, 6) is 0. The molecule has 2 aromatic heterocycles. The van der Waals surface area contributed by atoms with E-state index in [2.05, 4.69) is 10.1 Å². The molecule has 0 amide bonds. The number of aromatic nitrogens is 2. The van der Waals surface area contributed by atoms with Crippen LogP contribution < -0.4 is 0 Å². The summed E-state index contributed by atoms with van der Waals surface area (Å²) in [6.07, 6.45) is 1.97. The SMILES string of the molecule is Cc1noc2ncc(S(=O)(=O)N3CCC4(C3)OCc3ccccc34)cc12. The summed E-state index contributed by atoms with van der Waals surface area (Å²) >= 11 is 0. The number of benzene rings is 1. The van der Waals surface area contributed by atoms with Crippen LogP contribution in [0.5, 0.6) is 0 Å². The van der Waals surface area contributed by atoms with Crippen molar-refractivity contribution >= 4 is 21.1 Å². The molecule has 0 bridgehead atoms. The molecule has 8 heteroatoms. The molecule has 5 rings (SSSR count). The number of sulfonamides is 1. The molecule has 1 fully saturated rings. The van der Waals surface area contributed by atoms with Crippen LogP contribution in [-0.2, 0) is 27.0 Å². The lowest BCUT2D eigenvalue weighted by Crippen LogP contribution is -2.34. The van der Waals surface area contributed by atoms with Crippen molar-refractivity contribution in [1.29, 1.82) is 0 Å². The summed E-state index contributed by atoms with van der Waals surface area (Å²) in [4.78, 5) is 4.25. The second-order valence-electron chi connectivity index (χ2n) is 6.82. The van der Waals surface area contributed by atoms with Crippen molar-refractivity contribution in [2.45, 2.75) is 30.4 Å². The van der Waals surface area contributed by atoms with E-state index in [0.717, 1.165) is 11.1 Å². The highest BCUT2D eigenvalue weighted by Gasteiger charge is 2.48. The van der Waals surface area contributed by atoms with Crippen LogP contribution in [0.1, 0.15) is 23.2 Å². The van der Waals surface area contributed by atoms with Gasteiger partial charge in [0, 0.05) is 13.1 Å². The minimum absolute atomic E-state index is 0.152. The van der Waals surface area contributed by atoms with E-state index in [1.165, 1.54) is 10.5 Å². The van der Waals surface area contributed by atoms with Gasteiger partial charge in [-0.05, 0) is 30.5 Å². The van der Waals surface area contributed by atoms with Gasteiger partial charge in [0.15, 0.2) is 0 Å². The van der Waals surface area contributed by atoms with Crippen LogP contribution in [0.25, 0.3) is 11.1 Å². The molecule has 2 aliphatic heterocycles. The lowest BCUT2D eigenvalue weighted by molar-refractivity contribution is -0.0255. The fraction of sp³-hybridized carbons (Fsp3) is 0.333. The van der Waals surface area contributed by atoms with Crippen LogP contribution in [0, 0.1) is 6.92 Å². The fourth-order valence-electron chi connectivity index (χ4n) is 3.89. The molecule has 134 valence electrons. The number of ether oxygens (including phenoxy) is 1. The third-order valence-corrected chi connectivity index (χ3v) is 7.14. The lowest BCUT2D eigenvalue weighted by Gasteiger charge is -2.24. The van der Waals surface area contributed by atoms with Gasteiger partial charge in [-0.25, -0.2) is 13.4 Å². The first-order chi connectivity index (χ1) is 12.5. The summed E-state index contributed by atoms with van der Waals surface area (Å²) < 4.78 is 38.9. The van der Waals surface area contributed by atoms with Crippen LogP contribution in [0.15, 0.2) is 45.9 Å². The maximum absolute atomic E-state index is 13.1. The molecule has 7 nitrogen and oxygen atoms in total. The topological polar surface area (TPSA) is 85.5 Å². The Morgan fingerprint density at radius 2 is 2.12 bits per heavy atom. The molecule has 1 spiro atoms. The molecule has 0 aliphatic carbocycles. The maximum Gasteiger partial charge on any atom is 0.257 e. The summed E-state index contributed by atoms with van der Waals surface area (Å²) in [6, 6.07) is 9.60. The van der Waals surface area contributed by atoms with Gasteiger partial charge in [-0.3, -0.25) is 0 Å². The van der Waals surface area contributed by atoms with Crippen molar-refractivity contribution in [1.82, 2.24) is 14.4 Å². The zero-order valence-electron chi connectivity index (χ0n) is 14.2. The third-order valence-electron chi connectivity index (χ3n) is 5.33. The van der Waals surface area contributed by atoms with Gasteiger partial charge in [0.2, 0.25) is 10.0 Å². The number of aryl methyl sites for hydroxylation is 1. The van der Waals surface area contributed by atoms with E-state index in [9.17, 15) is 8.42 Å². The van der Waals surface area contributed by atoms with Gasteiger partial charge in [0.05, 0.1) is 23.9 Å². The van der Waals surface area contributed by atoms with Gasteiger partial charge in [-0.1, -0.05) is 29.4 Å². The van der Waals surface area contributed by atoms with Crippen LogP contribution in [-0.4, -0.2) is 36.0 Å². The molecule has 0 N–H and O–H groups in total. The smallest absolute Gasteiger partial charge is 0.257 e. The molecule has 1 saturated heterocycles. The quantitative estimate of drug-likeness (QED) is 0.687. The van der Waals surface area contributed by atoms with Gasteiger partial charge in [0.25, 0.3) is 5.71 Å². The van der Waals surface area contributed by atoms with Crippen LogP contribution >= 0.6 is 0 Å². The van der Waals surface area contributed by atoms with Gasteiger partial charge < -0.3 is 9.26 Å². The minimum Gasteiger partial charge on any atom is -0.364 e. The zero-order chi connectivity index (χ0) is 17.9. The average molecular weight is 371 g/mol. The predicted molar refractivity (Wildman–Crippen MR) is 92.8 cm³/mol. The Bertz CT molecular complexity index is 1120. The Morgan fingerprint density at radius 3 is 3.00 bits per heavy atom. The summed E-state index contributed by atoms with van der Waals surface area (Å²) in [5.41, 5.74) is 2.65. The zero-order valence-corrected chi connectivity index (χ0v) is 15.0. The van der Waals surface area contributed by atoms with Crippen molar-refractivity contribution in [2.24, 2.45) is 0 Å². The normalized spacial score (nSPS) is 23.1. The van der Waals surface area contributed by atoms with Crippen LogP contribution in [0.3, 0.4) is 0 Å². The Morgan fingerprint density at radius 1 is 1.27 bits per heavy atom. The number of hydrogen-bond acceptors (Lipinski definition) is 6. The molecular formula is C18H17N3O4S. The van der Waals surface area contributed by atoms with E-state index in [1.54, 1.807) is 13.0 Å². The standard InChI is InChI=1S/C18H17N3O4S/c1-12-15-8-14(9-19-17(15)25-20-12)26(22,23)21-7-6-18(11-21)16-5-3-2-4-13(16)10-24-18/h2-5,8-9H,6-7,10-11H2,1H3. The number of nitrogens with zero attached hydrogens (tertiary/aromatic N) is 3. The monoisotopic (exact) mass is 371 g/mol. The first-order valence-electron chi connectivity index (χ1n) is 8.44. The molecule has 2 aliphatic rings. The molecule has 4 heterocycles. The predicted octanol–water partition coefficient (Wildman–Crippen LogP) is 2.35.